The molecular weight excluding hydrogens is 579 g/mol. The maximum absolute atomic E-state index is 16.0. The topological polar surface area (TPSA) is 77.0 Å². The smallest absolute Gasteiger partial charge is 0.318 e. The lowest BCUT2D eigenvalue weighted by Gasteiger charge is -2.38. The molecule has 9 rings (SSSR count). The van der Waals surface area contributed by atoms with Crippen molar-refractivity contribution in [3.05, 3.63) is 46.6 Å². The van der Waals surface area contributed by atoms with E-state index < -0.39 is 5.67 Å². The van der Waals surface area contributed by atoms with Gasteiger partial charge in [0.05, 0.1) is 28.5 Å². The van der Waals surface area contributed by atoms with E-state index in [0.29, 0.717) is 49.1 Å². The highest BCUT2D eigenvalue weighted by Gasteiger charge is 2.63. The molecule has 1 saturated carbocycles. The number of phenolic OH excluding ortho intramolecular Hbond substituents is 1. The first kappa shape index (κ1) is 27.4. The van der Waals surface area contributed by atoms with Crippen LogP contribution in [0.25, 0.3) is 10.8 Å². The summed E-state index contributed by atoms with van der Waals surface area (Å²) in [5, 5.41) is 16.9. The van der Waals surface area contributed by atoms with Crippen LogP contribution in [-0.2, 0) is 13.0 Å². The van der Waals surface area contributed by atoms with Crippen LogP contribution in [0.1, 0.15) is 62.6 Å². The molecule has 1 aromatic heterocycles. The van der Waals surface area contributed by atoms with Crippen LogP contribution in [-0.4, -0.2) is 82.1 Å². The molecule has 0 spiro atoms. The summed E-state index contributed by atoms with van der Waals surface area (Å²) in [5.74, 6) is 1.21. The van der Waals surface area contributed by atoms with Crippen LogP contribution in [0.15, 0.2) is 30.3 Å². The summed E-state index contributed by atoms with van der Waals surface area (Å²) in [4.78, 5) is 17.3. The molecule has 5 aliphatic heterocycles. The van der Waals surface area contributed by atoms with Gasteiger partial charge < -0.3 is 25.0 Å². The fourth-order valence-electron chi connectivity index (χ4n) is 9.73. The Morgan fingerprint density at radius 3 is 2.77 bits per heavy atom. The van der Waals surface area contributed by atoms with Crippen LogP contribution in [0.5, 0.6) is 11.8 Å². The molecule has 2 unspecified atom stereocenters. The second kappa shape index (κ2) is 10.1. The number of aromatic hydroxyl groups is 1. The zero-order valence-corrected chi connectivity index (χ0v) is 25.8. The standard InChI is InChI=1S/C34H40ClFN6O2/c35-26-5-1-4-21-14-24(43)15-28(30(21)26)40-13-9-25-27(18-40)38-32(39-31(25)41-16-22-7-8-23(17-41)37-22)44-20-33-10-3-12-42(33)29-6-2-11-34(29,36)19-33/h1,4-5,14-15,22-23,29,37,43H,2-3,6-13,16-20H2/t22?,23?,29-,33+,34+/m0/s1. The predicted molar refractivity (Wildman–Crippen MR) is 170 cm³/mol. The first-order chi connectivity index (χ1) is 21.4. The van der Waals surface area contributed by atoms with E-state index in [1.165, 1.54) is 18.4 Å². The number of ether oxygens (including phenoxy) is 1. The normalized spacial score (nSPS) is 32.7. The van der Waals surface area contributed by atoms with E-state index in [0.717, 1.165) is 86.3 Å². The summed E-state index contributed by atoms with van der Waals surface area (Å²) in [6, 6.07) is 10.8. The molecule has 2 aromatic carbocycles. The number of aromatic nitrogens is 2. The van der Waals surface area contributed by atoms with Gasteiger partial charge in [0.25, 0.3) is 0 Å². The van der Waals surface area contributed by atoms with Crippen molar-refractivity contribution in [2.45, 2.75) is 93.7 Å². The van der Waals surface area contributed by atoms with Gasteiger partial charge in [-0.2, -0.15) is 9.97 Å². The molecule has 4 saturated heterocycles. The minimum atomic E-state index is -1.09. The third-order valence-corrected chi connectivity index (χ3v) is 11.9. The molecule has 0 amide bonds. The van der Waals surface area contributed by atoms with E-state index in [9.17, 15) is 5.11 Å². The summed E-state index contributed by atoms with van der Waals surface area (Å²) in [6.07, 6.45) is 8.39. The number of anilines is 2. The van der Waals surface area contributed by atoms with E-state index in [4.69, 9.17) is 26.3 Å². The zero-order chi connectivity index (χ0) is 29.6. The van der Waals surface area contributed by atoms with E-state index in [-0.39, 0.29) is 17.3 Å². The van der Waals surface area contributed by atoms with Crippen molar-refractivity contribution in [3.63, 3.8) is 0 Å². The SMILES string of the molecule is Oc1cc(N2CCc3c(nc(OC[C@]45CCCN4[C@H]4CCC[C@@]4(F)C5)nc3N3CC4CCC(C3)N4)C2)c2c(Cl)cccc2c1. The van der Waals surface area contributed by atoms with Crippen LogP contribution in [0, 0.1) is 0 Å². The fourth-order valence-corrected chi connectivity index (χ4v) is 10.0. The molecule has 3 aromatic rings. The molecule has 8 nitrogen and oxygen atoms in total. The minimum Gasteiger partial charge on any atom is -0.508 e. The van der Waals surface area contributed by atoms with Crippen molar-refractivity contribution in [1.29, 1.82) is 0 Å². The lowest BCUT2D eigenvalue weighted by molar-refractivity contribution is 0.0808. The molecule has 6 heterocycles. The number of benzene rings is 2. The number of phenols is 1. The second-order valence-corrected chi connectivity index (χ2v) is 14.6. The Bertz CT molecular complexity index is 1630. The van der Waals surface area contributed by atoms with Crippen molar-refractivity contribution in [2.75, 3.05) is 42.6 Å². The number of nitrogens with one attached hydrogen (secondary N) is 1. The summed E-state index contributed by atoms with van der Waals surface area (Å²) in [7, 11) is 0. The van der Waals surface area contributed by atoms with Gasteiger partial charge in [0.1, 0.15) is 23.8 Å². The number of nitrogens with zero attached hydrogens (tertiary/aromatic N) is 5. The molecule has 5 fully saturated rings. The molecule has 44 heavy (non-hydrogen) atoms. The van der Waals surface area contributed by atoms with Crippen molar-refractivity contribution < 1.29 is 14.2 Å². The van der Waals surface area contributed by atoms with E-state index in [1.807, 2.05) is 24.3 Å². The Labute approximate surface area is 262 Å². The first-order valence-corrected chi connectivity index (χ1v) is 16.9. The summed E-state index contributed by atoms with van der Waals surface area (Å²) < 4.78 is 22.6. The molecule has 2 bridgehead atoms. The molecule has 5 atom stereocenters. The van der Waals surface area contributed by atoms with Crippen LogP contribution in [0.2, 0.25) is 5.02 Å². The van der Waals surface area contributed by atoms with Gasteiger partial charge in [-0.3, -0.25) is 4.90 Å². The number of hydrogen-bond donors (Lipinski definition) is 2. The Morgan fingerprint density at radius 2 is 1.91 bits per heavy atom. The Morgan fingerprint density at radius 1 is 1.05 bits per heavy atom. The van der Waals surface area contributed by atoms with Crippen molar-refractivity contribution in [3.8, 4) is 11.8 Å². The average Bonchev–Trinajstić information content (AvgIpc) is 3.73. The van der Waals surface area contributed by atoms with Crippen LogP contribution in [0.4, 0.5) is 15.9 Å². The third kappa shape index (κ3) is 4.29. The average molecular weight is 619 g/mol. The number of rotatable bonds is 5. The van der Waals surface area contributed by atoms with Gasteiger partial charge in [0.15, 0.2) is 0 Å². The van der Waals surface area contributed by atoms with Gasteiger partial charge in [-0.15, -0.1) is 0 Å². The number of alkyl halides is 1. The summed E-state index contributed by atoms with van der Waals surface area (Å²) in [6.45, 7) is 4.58. The highest BCUT2D eigenvalue weighted by molar-refractivity contribution is 6.36. The maximum Gasteiger partial charge on any atom is 0.318 e. The molecule has 232 valence electrons. The van der Waals surface area contributed by atoms with Crippen LogP contribution < -0.4 is 19.9 Å². The fraction of sp³-hybridized carbons (Fsp3) is 0.588. The van der Waals surface area contributed by atoms with E-state index in [2.05, 4.69) is 20.0 Å². The Hall–Kier alpha value is -2.88. The van der Waals surface area contributed by atoms with Crippen LogP contribution in [0.3, 0.4) is 0 Å². The highest BCUT2D eigenvalue weighted by Crippen LogP contribution is 2.55. The van der Waals surface area contributed by atoms with Crippen molar-refractivity contribution in [2.24, 2.45) is 0 Å². The number of hydrogen-bond acceptors (Lipinski definition) is 8. The lowest BCUT2D eigenvalue weighted by Crippen LogP contribution is -2.52. The largest absolute Gasteiger partial charge is 0.508 e. The molecule has 1 aliphatic carbocycles. The number of piperazine rings is 1. The Balaban J connectivity index is 1.07. The van der Waals surface area contributed by atoms with Gasteiger partial charge in [-0.25, -0.2) is 4.39 Å². The van der Waals surface area contributed by atoms with Gasteiger partial charge in [0, 0.05) is 61.2 Å². The summed E-state index contributed by atoms with van der Waals surface area (Å²) in [5.41, 5.74) is 1.69. The number of halogens is 2. The predicted octanol–water partition coefficient (Wildman–Crippen LogP) is 5.37. The molecule has 2 N–H and O–H groups in total. The third-order valence-electron chi connectivity index (χ3n) is 11.6. The summed E-state index contributed by atoms with van der Waals surface area (Å²) >= 11 is 6.71. The van der Waals surface area contributed by atoms with Gasteiger partial charge in [-0.05, 0) is 75.4 Å². The molecule has 6 aliphatic rings. The van der Waals surface area contributed by atoms with Crippen molar-refractivity contribution >= 4 is 33.9 Å². The van der Waals surface area contributed by atoms with E-state index in [1.54, 1.807) is 6.07 Å². The monoisotopic (exact) mass is 618 g/mol. The zero-order valence-electron chi connectivity index (χ0n) is 25.1. The molecule has 0 radical (unpaired) electrons. The first-order valence-electron chi connectivity index (χ1n) is 16.5. The quantitative estimate of drug-likeness (QED) is 0.395. The lowest BCUT2D eigenvalue weighted by atomic mass is 9.88. The van der Waals surface area contributed by atoms with E-state index >= 15 is 4.39 Å². The van der Waals surface area contributed by atoms with Gasteiger partial charge >= 0.3 is 6.01 Å². The van der Waals surface area contributed by atoms with Gasteiger partial charge in [-0.1, -0.05) is 23.7 Å². The number of fused-ring (bicyclic) bond motifs is 7. The molecule has 10 heteroatoms. The molecular formula is C34H40ClFN6O2. The Kier molecular flexibility index (Phi) is 6.27. The van der Waals surface area contributed by atoms with Crippen LogP contribution >= 0.6 is 11.6 Å². The van der Waals surface area contributed by atoms with Gasteiger partial charge in [0.2, 0.25) is 0 Å². The minimum absolute atomic E-state index is 0.0300. The highest BCUT2D eigenvalue weighted by atomic mass is 35.5. The maximum atomic E-state index is 16.0. The second-order valence-electron chi connectivity index (χ2n) is 14.2. The van der Waals surface area contributed by atoms with Crippen molar-refractivity contribution in [1.82, 2.24) is 20.2 Å².